The van der Waals surface area contributed by atoms with E-state index in [1.807, 2.05) is 18.3 Å². The number of nitrogens with two attached hydrogens (primary N) is 1. The van der Waals surface area contributed by atoms with E-state index in [4.69, 9.17) is 5.84 Å². The molecule has 4 nitrogen and oxygen atoms in total. The SMILES string of the molecule is CCn1nc(C)c(Br)c1CC(NN)c1cc2c(s1)CCC2. The number of rotatable bonds is 5. The Hall–Kier alpha value is -0.690. The molecule has 0 aromatic carbocycles. The van der Waals surface area contributed by atoms with E-state index in [1.165, 1.54) is 35.4 Å². The topological polar surface area (TPSA) is 55.9 Å². The normalized spacial score (nSPS) is 15.4. The lowest BCUT2D eigenvalue weighted by Gasteiger charge is -2.15. The summed E-state index contributed by atoms with van der Waals surface area (Å²) >= 11 is 5.58. The Bertz CT molecular complexity index is 625. The summed E-state index contributed by atoms with van der Waals surface area (Å²) < 4.78 is 3.17. The molecule has 2 heterocycles. The van der Waals surface area contributed by atoms with E-state index in [-0.39, 0.29) is 6.04 Å². The number of nitrogens with one attached hydrogen (secondary N) is 1. The fourth-order valence-electron chi connectivity index (χ4n) is 3.02. The molecule has 0 fully saturated rings. The third-order valence-electron chi connectivity index (χ3n) is 4.16. The number of aryl methyl sites for hydroxylation is 4. The van der Waals surface area contributed by atoms with Crippen molar-refractivity contribution in [2.75, 3.05) is 0 Å². The highest BCUT2D eigenvalue weighted by molar-refractivity contribution is 9.10. The molecule has 2 aromatic rings. The number of hydrazine groups is 1. The molecule has 0 aliphatic heterocycles. The summed E-state index contributed by atoms with van der Waals surface area (Å²) in [7, 11) is 0. The van der Waals surface area contributed by atoms with Crippen LogP contribution in [0.1, 0.15) is 46.1 Å². The lowest BCUT2D eigenvalue weighted by molar-refractivity contribution is 0.522. The van der Waals surface area contributed by atoms with Crippen LogP contribution in [0.2, 0.25) is 0 Å². The number of hydrogen-bond acceptors (Lipinski definition) is 4. The minimum atomic E-state index is 0.151. The predicted octanol–water partition coefficient (Wildman–Crippen LogP) is 3.27. The Balaban J connectivity index is 1.87. The summed E-state index contributed by atoms with van der Waals surface area (Å²) in [5.41, 5.74) is 6.77. The second-order valence-corrected chi connectivity index (χ2v) is 7.50. The Morgan fingerprint density at radius 3 is 3.00 bits per heavy atom. The van der Waals surface area contributed by atoms with E-state index in [9.17, 15) is 0 Å². The highest BCUT2D eigenvalue weighted by Gasteiger charge is 2.22. The average molecular weight is 369 g/mol. The van der Waals surface area contributed by atoms with Gasteiger partial charge in [-0.1, -0.05) is 0 Å². The fraction of sp³-hybridized carbons (Fsp3) is 0.533. The highest BCUT2D eigenvalue weighted by atomic mass is 79.9. The van der Waals surface area contributed by atoms with Crippen LogP contribution in [0.5, 0.6) is 0 Å². The second-order valence-electron chi connectivity index (χ2n) is 5.54. The third-order valence-corrected chi connectivity index (χ3v) is 6.54. The predicted molar refractivity (Wildman–Crippen MR) is 90.5 cm³/mol. The monoisotopic (exact) mass is 368 g/mol. The molecule has 3 N–H and O–H groups in total. The molecule has 0 spiro atoms. The molecule has 0 bridgehead atoms. The third kappa shape index (κ3) is 2.82. The van der Waals surface area contributed by atoms with Crippen LogP contribution in [0, 0.1) is 6.92 Å². The zero-order chi connectivity index (χ0) is 15.0. The Morgan fingerprint density at radius 2 is 2.33 bits per heavy atom. The van der Waals surface area contributed by atoms with Crippen LogP contribution >= 0.6 is 27.3 Å². The summed E-state index contributed by atoms with van der Waals surface area (Å²) in [4.78, 5) is 2.89. The van der Waals surface area contributed by atoms with Crippen LogP contribution in [0.25, 0.3) is 0 Å². The van der Waals surface area contributed by atoms with Crippen molar-refractivity contribution in [2.24, 2.45) is 5.84 Å². The van der Waals surface area contributed by atoms with Crippen LogP contribution in [-0.4, -0.2) is 9.78 Å². The summed E-state index contributed by atoms with van der Waals surface area (Å²) in [5.74, 6) is 5.83. The van der Waals surface area contributed by atoms with E-state index >= 15 is 0 Å². The maximum absolute atomic E-state index is 5.83. The van der Waals surface area contributed by atoms with Gasteiger partial charge >= 0.3 is 0 Å². The number of thiophene rings is 1. The summed E-state index contributed by atoms with van der Waals surface area (Å²) in [6, 6.07) is 2.49. The average Bonchev–Trinajstić information content (AvgIpc) is 3.12. The molecule has 21 heavy (non-hydrogen) atoms. The first-order valence-electron chi connectivity index (χ1n) is 7.43. The molecule has 1 atom stereocenters. The van der Waals surface area contributed by atoms with Gasteiger partial charge in [-0.15, -0.1) is 11.3 Å². The van der Waals surface area contributed by atoms with Crippen LogP contribution in [0.4, 0.5) is 0 Å². The Morgan fingerprint density at radius 1 is 1.52 bits per heavy atom. The zero-order valence-electron chi connectivity index (χ0n) is 12.4. The van der Waals surface area contributed by atoms with Gasteiger partial charge in [0.25, 0.3) is 0 Å². The zero-order valence-corrected chi connectivity index (χ0v) is 14.9. The lowest BCUT2D eigenvalue weighted by Crippen LogP contribution is -2.29. The van der Waals surface area contributed by atoms with Crippen molar-refractivity contribution in [2.45, 2.75) is 52.1 Å². The summed E-state index contributed by atoms with van der Waals surface area (Å²) in [5, 5.41) is 4.56. The summed E-state index contributed by atoms with van der Waals surface area (Å²) in [6.45, 7) is 5.03. The van der Waals surface area contributed by atoms with Crippen molar-refractivity contribution < 1.29 is 0 Å². The van der Waals surface area contributed by atoms with E-state index in [0.717, 1.165) is 23.1 Å². The van der Waals surface area contributed by atoms with Crippen molar-refractivity contribution in [3.05, 3.63) is 37.2 Å². The van der Waals surface area contributed by atoms with E-state index < -0.39 is 0 Å². The van der Waals surface area contributed by atoms with Gasteiger partial charge in [-0.2, -0.15) is 5.10 Å². The molecule has 114 valence electrons. The van der Waals surface area contributed by atoms with Gasteiger partial charge < -0.3 is 0 Å². The number of nitrogens with zero attached hydrogens (tertiary/aromatic N) is 2. The molecule has 0 saturated heterocycles. The van der Waals surface area contributed by atoms with Crippen molar-refractivity contribution in [1.82, 2.24) is 15.2 Å². The van der Waals surface area contributed by atoms with Gasteiger partial charge in [-0.25, -0.2) is 0 Å². The maximum atomic E-state index is 5.83. The first-order chi connectivity index (χ1) is 10.1. The van der Waals surface area contributed by atoms with Crippen molar-refractivity contribution in [1.29, 1.82) is 0 Å². The first-order valence-corrected chi connectivity index (χ1v) is 9.04. The molecule has 0 saturated carbocycles. The number of aromatic nitrogens is 2. The maximum Gasteiger partial charge on any atom is 0.0738 e. The standard InChI is InChI=1S/C15H21BrN4S/c1-3-20-12(15(16)9(2)19-20)8-11(18-17)14-7-10-5-4-6-13(10)21-14/h7,11,18H,3-6,8,17H2,1-2H3. The van der Waals surface area contributed by atoms with Gasteiger partial charge in [0.15, 0.2) is 0 Å². The van der Waals surface area contributed by atoms with Crippen LogP contribution < -0.4 is 11.3 Å². The molecule has 1 aliphatic rings. The molecule has 2 aromatic heterocycles. The van der Waals surface area contributed by atoms with Crippen LogP contribution in [0.15, 0.2) is 10.5 Å². The fourth-order valence-corrected chi connectivity index (χ4v) is 4.79. The van der Waals surface area contributed by atoms with Crippen molar-refractivity contribution >= 4 is 27.3 Å². The van der Waals surface area contributed by atoms with Gasteiger partial charge in [0.2, 0.25) is 0 Å². The lowest BCUT2D eigenvalue weighted by atomic mass is 10.1. The number of halogens is 1. The van der Waals surface area contributed by atoms with Gasteiger partial charge in [0.1, 0.15) is 0 Å². The Kier molecular flexibility index (Phi) is 4.49. The minimum absolute atomic E-state index is 0.151. The van der Waals surface area contributed by atoms with Gasteiger partial charge in [-0.3, -0.25) is 16.0 Å². The van der Waals surface area contributed by atoms with Crippen LogP contribution in [0.3, 0.4) is 0 Å². The second kappa shape index (κ2) is 6.20. The Labute approximate surface area is 137 Å². The van der Waals surface area contributed by atoms with Gasteiger partial charge in [-0.05, 0) is 60.7 Å². The van der Waals surface area contributed by atoms with Gasteiger partial charge in [0.05, 0.1) is 21.9 Å². The molecule has 0 amide bonds. The van der Waals surface area contributed by atoms with E-state index in [2.05, 4.69) is 44.1 Å². The first kappa shape index (κ1) is 15.2. The largest absolute Gasteiger partial charge is 0.271 e. The van der Waals surface area contributed by atoms with Gasteiger partial charge in [0, 0.05) is 22.7 Å². The molecule has 1 aliphatic carbocycles. The smallest absolute Gasteiger partial charge is 0.0738 e. The quantitative estimate of drug-likeness (QED) is 0.628. The molecular weight excluding hydrogens is 348 g/mol. The number of hydrogen-bond donors (Lipinski definition) is 2. The van der Waals surface area contributed by atoms with Crippen molar-refractivity contribution in [3.63, 3.8) is 0 Å². The molecule has 3 rings (SSSR count). The molecule has 0 radical (unpaired) electrons. The molecule has 1 unspecified atom stereocenters. The van der Waals surface area contributed by atoms with E-state index in [0.29, 0.717) is 0 Å². The number of fused-ring (bicyclic) bond motifs is 1. The van der Waals surface area contributed by atoms with Crippen LogP contribution in [-0.2, 0) is 25.8 Å². The minimum Gasteiger partial charge on any atom is -0.271 e. The summed E-state index contributed by atoms with van der Waals surface area (Å²) in [6.07, 6.45) is 4.60. The molecule has 6 heteroatoms. The molecular formula is C15H21BrN4S. The van der Waals surface area contributed by atoms with E-state index in [1.54, 1.807) is 4.88 Å². The van der Waals surface area contributed by atoms with Crippen molar-refractivity contribution in [3.8, 4) is 0 Å². The highest BCUT2D eigenvalue weighted by Crippen LogP contribution is 2.35.